The van der Waals surface area contributed by atoms with Gasteiger partial charge < -0.3 is 0 Å². The first-order valence-corrected chi connectivity index (χ1v) is 5.38. The predicted molar refractivity (Wildman–Crippen MR) is 69.0 cm³/mol. The second-order valence-corrected chi connectivity index (χ2v) is 3.70. The summed E-state index contributed by atoms with van der Waals surface area (Å²) in [7, 11) is 0. The number of nitrogens with zero attached hydrogens (tertiary/aromatic N) is 2. The van der Waals surface area contributed by atoms with E-state index >= 15 is 0 Å². The maximum atomic E-state index is 9.13. The monoisotopic (exact) mass is 220 g/mol. The van der Waals surface area contributed by atoms with Crippen LogP contribution in [0.15, 0.2) is 60.9 Å². The fourth-order valence-corrected chi connectivity index (χ4v) is 1.72. The third-order valence-electron chi connectivity index (χ3n) is 2.64. The predicted octanol–water partition coefficient (Wildman–Crippen LogP) is 3.38. The summed E-state index contributed by atoms with van der Waals surface area (Å²) in [4.78, 5) is 4.26. The lowest BCUT2D eigenvalue weighted by Crippen LogP contribution is -1.99. The summed E-state index contributed by atoms with van der Waals surface area (Å²) < 4.78 is 0. The van der Waals surface area contributed by atoms with Crippen molar-refractivity contribution in [2.24, 2.45) is 0 Å². The van der Waals surface area contributed by atoms with E-state index in [1.54, 1.807) is 12.3 Å². The average Bonchev–Trinajstić information content (AvgIpc) is 2.64. The van der Waals surface area contributed by atoms with Crippen LogP contribution in [-0.4, -0.2) is 4.98 Å². The summed E-state index contributed by atoms with van der Waals surface area (Å²) in [6, 6.07) is 6.12. The molecule has 1 atom stereocenters. The van der Waals surface area contributed by atoms with E-state index in [4.69, 9.17) is 5.26 Å². The molecule has 1 heterocycles. The number of hydrogen-bond donors (Lipinski definition) is 0. The van der Waals surface area contributed by atoms with Gasteiger partial charge in [0.05, 0.1) is 11.8 Å². The van der Waals surface area contributed by atoms with Crippen LogP contribution in [0, 0.1) is 11.3 Å². The van der Waals surface area contributed by atoms with Crippen LogP contribution in [0.25, 0.3) is 6.08 Å². The highest BCUT2D eigenvalue weighted by Crippen LogP contribution is 2.26. The Bertz CT molecular complexity index is 539. The molecule has 0 spiro atoms. The van der Waals surface area contributed by atoms with Gasteiger partial charge in [0.1, 0.15) is 0 Å². The van der Waals surface area contributed by atoms with Crippen LogP contribution in [0.2, 0.25) is 0 Å². The van der Waals surface area contributed by atoms with E-state index in [1.165, 1.54) is 0 Å². The SMILES string of the molecule is C=Cc1ccc(C2C=CC=CC=C2C#N)cn1. The molecule has 0 aromatic carbocycles. The van der Waals surface area contributed by atoms with Gasteiger partial charge in [-0.1, -0.05) is 36.9 Å². The van der Waals surface area contributed by atoms with Crippen LogP contribution in [-0.2, 0) is 0 Å². The van der Waals surface area contributed by atoms with Crippen LogP contribution >= 0.6 is 0 Å². The Morgan fingerprint density at radius 1 is 1.29 bits per heavy atom. The highest BCUT2D eigenvalue weighted by molar-refractivity contribution is 5.47. The Kier molecular flexibility index (Phi) is 3.32. The van der Waals surface area contributed by atoms with E-state index < -0.39 is 0 Å². The minimum absolute atomic E-state index is 0.0126. The molecule has 2 rings (SSSR count). The molecule has 0 saturated carbocycles. The van der Waals surface area contributed by atoms with Crippen LogP contribution in [0.1, 0.15) is 17.2 Å². The first kappa shape index (κ1) is 11.1. The van der Waals surface area contributed by atoms with Gasteiger partial charge in [0, 0.05) is 17.7 Å². The zero-order chi connectivity index (χ0) is 12.1. The summed E-state index contributed by atoms with van der Waals surface area (Å²) in [6.45, 7) is 3.67. The van der Waals surface area contributed by atoms with Crippen LogP contribution in [0.3, 0.4) is 0 Å². The van der Waals surface area contributed by atoms with Gasteiger partial charge in [0.25, 0.3) is 0 Å². The molecule has 0 saturated heterocycles. The number of aromatic nitrogens is 1. The molecule has 0 bridgehead atoms. The van der Waals surface area contributed by atoms with Crippen molar-refractivity contribution in [3.63, 3.8) is 0 Å². The van der Waals surface area contributed by atoms with Crippen LogP contribution in [0.4, 0.5) is 0 Å². The second kappa shape index (κ2) is 5.09. The smallest absolute Gasteiger partial charge is 0.0957 e. The van der Waals surface area contributed by atoms with E-state index in [2.05, 4.69) is 17.6 Å². The molecule has 1 aromatic heterocycles. The van der Waals surface area contributed by atoms with Crippen molar-refractivity contribution < 1.29 is 0 Å². The highest BCUT2D eigenvalue weighted by Gasteiger charge is 2.14. The molecule has 0 aliphatic heterocycles. The zero-order valence-electron chi connectivity index (χ0n) is 9.38. The molecule has 0 fully saturated rings. The van der Waals surface area contributed by atoms with E-state index in [1.807, 2.05) is 42.5 Å². The summed E-state index contributed by atoms with van der Waals surface area (Å²) in [5.41, 5.74) is 2.58. The Labute approximate surface area is 101 Å². The Balaban J connectivity index is 2.38. The average molecular weight is 220 g/mol. The molecular weight excluding hydrogens is 208 g/mol. The first-order valence-electron chi connectivity index (χ1n) is 5.38. The standard InChI is InChI=1S/C15H12N2/c1-2-14-9-8-13(11-17-14)15-7-5-3-4-6-12(15)10-16/h2-9,11,15H,1H2. The summed E-state index contributed by atoms with van der Waals surface area (Å²) in [6.07, 6.45) is 13.1. The fraction of sp³-hybridized carbons (Fsp3) is 0.0667. The summed E-state index contributed by atoms with van der Waals surface area (Å²) in [5, 5.41) is 9.13. The molecule has 1 aliphatic rings. The number of rotatable bonds is 2. The Morgan fingerprint density at radius 3 is 2.82 bits per heavy atom. The molecule has 1 aliphatic carbocycles. The molecular formula is C15H12N2. The highest BCUT2D eigenvalue weighted by atomic mass is 14.7. The zero-order valence-corrected chi connectivity index (χ0v) is 9.38. The van der Waals surface area contributed by atoms with Gasteiger partial charge >= 0.3 is 0 Å². The molecule has 82 valence electrons. The van der Waals surface area contributed by atoms with Crippen molar-refractivity contribution in [2.45, 2.75) is 5.92 Å². The van der Waals surface area contributed by atoms with Gasteiger partial charge in [-0.25, -0.2) is 0 Å². The van der Waals surface area contributed by atoms with Gasteiger partial charge in [0.2, 0.25) is 0 Å². The number of pyridine rings is 1. The minimum Gasteiger partial charge on any atom is -0.257 e. The molecule has 0 N–H and O–H groups in total. The molecule has 2 heteroatoms. The Hall–Kier alpha value is -2.40. The maximum Gasteiger partial charge on any atom is 0.0957 e. The van der Waals surface area contributed by atoms with Crippen molar-refractivity contribution in [1.82, 2.24) is 4.98 Å². The van der Waals surface area contributed by atoms with Gasteiger partial charge in [-0.3, -0.25) is 4.98 Å². The number of nitriles is 1. The van der Waals surface area contributed by atoms with Gasteiger partial charge in [-0.05, 0) is 23.8 Å². The fourth-order valence-electron chi connectivity index (χ4n) is 1.72. The van der Waals surface area contributed by atoms with Crippen molar-refractivity contribution in [2.75, 3.05) is 0 Å². The summed E-state index contributed by atoms with van der Waals surface area (Å²) >= 11 is 0. The molecule has 1 unspecified atom stereocenters. The molecule has 2 nitrogen and oxygen atoms in total. The van der Waals surface area contributed by atoms with Crippen LogP contribution < -0.4 is 0 Å². The third-order valence-corrected chi connectivity index (χ3v) is 2.64. The van der Waals surface area contributed by atoms with Crippen molar-refractivity contribution in [3.8, 4) is 6.07 Å². The topological polar surface area (TPSA) is 36.7 Å². The maximum absolute atomic E-state index is 9.13. The molecule has 0 radical (unpaired) electrons. The molecule has 1 aromatic rings. The summed E-state index contributed by atoms with van der Waals surface area (Å²) in [5.74, 6) is -0.0126. The van der Waals surface area contributed by atoms with Crippen LogP contribution in [0.5, 0.6) is 0 Å². The Morgan fingerprint density at radius 2 is 2.18 bits per heavy atom. The lowest BCUT2D eigenvalue weighted by molar-refractivity contribution is 1.01. The quantitative estimate of drug-likeness (QED) is 0.766. The van der Waals surface area contributed by atoms with Gasteiger partial charge in [-0.15, -0.1) is 0 Å². The van der Waals surface area contributed by atoms with Crippen molar-refractivity contribution in [1.29, 1.82) is 5.26 Å². The van der Waals surface area contributed by atoms with Crippen molar-refractivity contribution in [3.05, 3.63) is 72.1 Å². The van der Waals surface area contributed by atoms with E-state index in [-0.39, 0.29) is 5.92 Å². The normalized spacial score (nSPS) is 18.1. The second-order valence-electron chi connectivity index (χ2n) is 3.70. The minimum atomic E-state index is -0.0126. The largest absolute Gasteiger partial charge is 0.257 e. The lowest BCUT2D eigenvalue weighted by Gasteiger charge is -2.10. The number of hydrogen-bond acceptors (Lipinski definition) is 2. The van der Waals surface area contributed by atoms with E-state index in [0.29, 0.717) is 0 Å². The lowest BCUT2D eigenvalue weighted by atomic mass is 9.93. The van der Waals surface area contributed by atoms with Gasteiger partial charge in [0.15, 0.2) is 0 Å². The molecule has 0 amide bonds. The van der Waals surface area contributed by atoms with E-state index in [0.717, 1.165) is 16.8 Å². The number of allylic oxidation sites excluding steroid dienone is 6. The first-order chi connectivity index (χ1) is 8.35. The molecule has 17 heavy (non-hydrogen) atoms. The van der Waals surface area contributed by atoms with Crippen molar-refractivity contribution >= 4 is 6.08 Å². The van der Waals surface area contributed by atoms with Gasteiger partial charge in [-0.2, -0.15) is 5.26 Å². The van der Waals surface area contributed by atoms with E-state index in [9.17, 15) is 0 Å². The third kappa shape index (κ3) is 2.40.